The topological polar surface area (TPSA) is 95.5 Å². The Bertz CT molecular complexity index is 559. The summed E-state index contributed by atoms with van der Waals surface area (Å²) in [6.45, 7) is 6.79. The fraction of sp³-hybridized carbons (Fsp3) is 0.438. The van der Waals surface area contributed by atoms with Gasteiger partial charge in [-0.15, -0.1) is 0 Å². The number of carboxylic acids is 1. The predicted molar refractivity (Wildman–Crippen MR) is 83.6 cm³/mol. The first-order valence-electron chi connectivity index (χ1n) is 7.02. The Balaban J connectivity index is 2.55. The zero-order valence-electron chi connectivity index (χ0n) is 13.3. The lowest BCUT2D eigenvalue weighted by Crippen LogP contribution is -2.39. The van der Waals surface area contributed by atoms with Crippen molar-refractivity contribution in [3.05, 3.63) is 29.8 Å². The predicted octanol–water partition coefficient (Wildman–Crippen LogP) is 1.98. The Hall–Kier alpha value is -2.37. The Morgan fingerprint density at radius 1 is 1.14 bits per heavy atom. The molecule has 0 saturated carbocycles. The van der Waals surface area contributed by atoms with Crippen molar-refractivity contribution in [3.63, 3.8) is 0 Å². The summed E-state index contributed by atoms with van der Waals surface area (Å²) in [6.07, 6.45) is 0. The van der Waals surface area contributed by atoms with Crippen LogP contribution in [0.3, 0.4) is 0 Å². The van der Waals surface area contributed by atoms with Gasteiger partial charge in [0.15, 0.2) is 0 Å². The van der Waals surface area contributed by atoms with E-state index in [0.29, 0.717) is 11.3 Å². The highest BCUT2D eigenvalue weighted by molar-refractivity contribution is 5.95. The molecule has 1 aromatic rings. The van der Waals surface area contributed by atoms with Crippen LogP contribution in [0.2, 0.25) is 0 Å². The molecule has 0 bridgehead atoms. The van der Waals surface area contributed by atoms with Crippen LogP contribution in [-0.4, -0.2) is 29.4 Å². The average Bonchev–Trinajstić information content (AvgIpc) is 2.43. The van der Waals surface area contributed by atoms with E-state index in [4.69, 9.17) is 5.11 Å². The van der Waals surface area contributed by atoms with Crippen LogP contribution in [0.15, 0.2) is 24.3 Å². The van der Waals surface area contributed by atoms with Crippen LogP contribution < -0.4 is 10.6 Å². The largest absolute Gasteiger partial charge is 0.481 e. The van der Waals surface area contributed by atoms with Crippen molar-refractivity contribution >= 4 is 23.5 Å². The van der Waals surface area contributed by atoms with Gasteiger partial charge in [-0.2, -0.15) is 0 Å². The number of anilines is 1. The summed E-state index contributed by atoms with van der Waals surface area (Å²) in [5.74, 6) is -2.04. The lowest BCUT2D eigenvalue weighted by molar-refractivity contribution is -0.138. The second kappa shape index (κ2) is 7.06. The average molecular weight is 306 g/mol. The molecular weight excluding hydrogens is 284 g/mol. The molecule has 1 unspecified atom stereocenters. The van der Waals surface area contributed by atoms with E-state index in [0.717, 1.165) is 0 Å². The van der Waals surface area contributed by atoms with E-state index in [2.05, 4.69) is 10.6 Å². The molecule has 1 aromatic carbocycles. The van der Waals surface area contributed by atoms with Crippen molar-refractivity contribution in [1.82, 2.24) is 5.32 Å². The lowest BCUT2D eigenvalue weighted by Gasteiger charge is -2.17. The maximum atomic E-state index is 11.8. The Morgan fingerprint density at radius 2 is 1.68 bits per heavy atom. The molecule has 22 heavy (non-hydrogen) atoms. The number of carboxylic acid groups (broad SMARTS) is 1. The summed E-state index contributed by atoms with van der Waals surface area (Å²) in [7, 11) is 0. The number of hydrogen-bond donors (Lipinski definition) is 3. The standard InChI is InChI=1S/C16H22N2O4/c1-10(14(20)21)11-5-7-12(8-6-11)18-13(19)9-17-15(22)16(2,3)4/h5-8,10H,9H2,1-4H3,(H,17,22)(H,18,19)(H,20,21). The summed E-state index contributed by atoms with van der Waals surface area (Å²) in [5.41, 5.74) is 0.664. The van der Waals surface area contributed by atoms with E-state index < -0.39 is 17.3 Å². The molecule has 0 aliphatic carbocycles. The van der Waals surface area contributed by atoms with Gasteiger partial charge >= 0.3 is 5.97 Å². The molecule has 1 atom stereocenters. The quantitative estimate of drug-likeness (QED) is 0.775. The maximum absolute atomic E-state index is 11.8. The number of nitrogens with one attached hydrogen (secondary N) is 2. The number of rotatable bonds is 5. The van der Waals surface area contributed by atoms with E-state index >= 15 is 0 Å². The zero-order valence-corrected chi connectivity index (χ0v) is 13.3. The van der Waals surface area contributed by atoms with E-state index in [9.17, 15) is 14.4 Å². The number of aliphatic carboxylic acids is 1. The molecular formula is C16H22N2O4. The number of hydrogen-bond acceptors (Lipinski definition) is 3. The molecule has 0 spiro atoms. The molecule has 1 rings (SSSR count). The highest BCUT2D eigenvalue weighted by Gasteiger charge is 2.21. The third kappa shape index (κ3) is 5.20. The van der Waals surface area contributed by atoms with E-state index in [1.165, 1.54) is 0 Å². The molecule has 0 aliphatic heterocycles. The first kappa shape index (κ1) is 17.7. The van der Waals surface area contributed by atoms with Crippen molar-refractivity contribution in [3.8, 4) is 0 Å². The molecule has 2 amide bonds. The Kier molecular flexibility index (Phi) is 5.68. The molecule has 6 nitrogen and oxygen atoms in total. The number of carbonyl (C=O) groups excluding carboxylic acids is 2. The van der Waals surface area contributed by atoms with Gasteiger partial charge in [0.25, 0.3) is 0 Å². The van der Waals surface area contributed by atoms with E-state index in [-0.39, 0.29) is 18.4 Å². The van der Waals surface area contributed by atoms with Gasteiger partial charge in [0, 0.05) is 11.1 Å². The molecule has 0 aromatic heterocycles. The van der Waals surface area contributed by atoms with E-state index in [1.54, 1.807) is 52.0 Å². The van der Waals surface area contributed by atoms with Crippen LogP contribution >= 0.6 is 0 Å². The van der Waals surface area contributed by atoms with Gasteiger partial charge in [0.05, 0.1) is 12.5 Å². The minimum Gasteiger partial charge on any atom is -0.481 e. The Morgan fingerprint density at radius 3 is 2.14 bits per heavy atom. The summed E-state index contributed by atoms with van der Waals surface area (Å²) in [4.78, 5) is 34.3. The SMILES string of the molecule is CC(C(=O)O)c1ccc(NC(=O)CNC(=O)C(C)(C)C)cc1. The Labute approximate surface area is 129 Å². The molecule has 120 valence electrons. The zero-order chi connectivity index (χ0) is 16.9. The fourth-order valence-corrected chi connectivity index (χ4v) is 1.63. The van der Waals surface area contributed by atoms with Crippen molar-refractivity contribution in [2.24, 2.45) is 5.41 Å². The van der Waals surface area contributed by atoms with Crippen molar-refractivity contribution < 1.29 is 19.5 Å². The highest BCUT2D eigenvalue weighted by Crippen LogP contribution is 2.18. The normalized spacial score (nSPS) is 12.4. The minimum atomic E-state index is -0.901. The van der Waals surface area contributed by atoms with Crippen LogP contribution in [0, 0.1) is 5.41 Å². The molecule has 0 radical (unpaired) electrons. The lowest BCUT2D eigenvalue weighted by atomic mass is 9.96. The summed E-state index contributed by atoms with van der Waals surface area (Å²) in [5, 5.41) is 14.1. The van der Waals surface area contributed by atoms with Gasteiger partial charge in [-0.25, -0.2) is 0 Å². The van der Waals surface area contributed by atoms with Gasteiger partial charge in [0.1, 0.15) is 0 Å². The van der Waals surface area contributed by atoms with Crippen molar-refractivity contribution in [2.45, 2.75) is 33.6 Å². The van der Waals surface area contributed by atoms with Gasteiger partial charge in [-0.3, -0.25) is 14.4 Å². The molecule has 0 aliphatic rings. The summed E-state index contributed by atoms with van der Waals surface area (Å²) in [6, 6.07) is 6.58. The molecule has 0 saturated heterocycles. The summed E-state index contributed by atoms with van der Waals surface area (Å²) < 4.78 is 0. The molecule has 0 fully saturated rings. The van der Waals surface area contributed by atoms with Crippen LogP contribution in [0.1, 0.15) is 39.2 Å². The molecule has 3 N–H and O–H groups in total. The fourth-order valence-electron chi connectivity index (χ4n) is 1.63. The molecule has 0 heterocycles. The first-order valence-corrected chi connectivity index (χ1v) is 7.02. The number of carbonyl (C=O) groups is 3. The van der Waals surface area contributed by atoms with Gasteiger partial charge in [0.2, 0.25) is 11.8 Å². The second-order valence-electron chi connectivity index (χ2n) is 6.16. The third-order valence-electron chi connectivity index (χ3n) is 3.16. The van der Waals surface area contributed by atoms with E-state index in [1.807, 2.05) is 0 Å². The number of benzene rings is 1. The smallest absolute Gasteiger partial charge is 0.310 e. The van der Waals surface area contributed by atoms with Gasteiger partial charge in [-0.05, 0) is 24.6 Å². The van der Waals surface area contributed by atoms with Crippen LogP contribution in [0.5, 0.6) is 0 Å². The minimum absolute atomic E-state index is 0.108. The van der Waals surface area contributed by atoms with Gasteiger partial charge < -0.3 is 15.7 Å². The van der Waals surface area contributed by atoms with Crippen LogP contribution in [0.4, 0.5) is 5.69 Å². The van der Waals surface area contributed by atoms with Crippen LogP contribution in [0.25, 0.3) is 0 Å². The number of amides is 2. The van der Waals surface area contributed by atoms with Gasteiger partial charge in [-0.1, -0.05) is 32.9 Å². The van der Waals surface area contributed by atoms with Crippen LogP contribution in [-0.2, 0) is 14.4 Å². The summed E-state index contributed by atoms with van der Waals surface area (Å²) >= 11 is 0. The maximum Gasteiger partial charge on any atom is 0.310 e. The molecule has 6 heteroatoms. The van der Waals surface area contributed by atoms with Crippen molar-refractivity contribution in [2.75, 3.05) is 11.9 Å². The third-order valence-corrected chi connectivity index (χ3v) is 3.16. The first-order chi connectivity index (χ1) is 10.1. The van der Waals surface area contributed by atoms with Crippen molar-refractivity contribution in [1.29, 1.82) is 0 Å². The monoisotopic (exact) mass is 306 g/mol. The second-order valence-corrected chi connectivity index (χ2v) is 6.16. The highest BCUT2D eigenvalue weighted by atomic mass is 16.4.